The topological polar surface area (TPSA) is 41.6 Å². The van der Waals surface area contributed by atoms with Gasteiger partial charge < -0.3 is 15.0 Å². The van der Waals surface area contributed by atoms with E-state index in [-0.39, 0.29) is 17.8 Å². The van der Waals surface area contributed by atoms with Crippen LogP contribution in [0.2, 0.25) is 0 Å². The molecule has 0 radical (unpaired) electrons. The van der Waals surface area contributed by atoms with E-state index in [9.17, 15) is 9.18 Å². The van der Waals surface area contributed by atoms with Crippen LogP contribution in [0.3, 0.4) is 0 Å². The number of hydrogen-bond acceptors (Lipinski definition) is 3. The van der Waals surface area contributed by atoms with E-state index in [1.807, 2.05) is 11.8 Å². The van der Waals surface area contributed by atoms with Gasteiger partial charge in [-0.05, 0) is 50.7 Å². The van der Waals surface area contributed by atoms with Gasteiger partial charge >= 0.3 is 0 Å². The Hall–Kier alpha value is -1.78. The largest absolute Gasteiger partial charge is 0.488 e. The zero-order valence-corrected chi connectivity index (χ0v) is 14.4. The van der Waals surface area contributed by atoms with Crippen LogP contribution in [0.25, 0.3) is 0 Å². The molecule has 0 spiro atoms. The molecule has 1 N–H and O–H groups in total. The third kappa shape index (κ3) is 4.19. The number of likely N-dealkylation sites (tertiary alicyclic amines) is 1. The summed E-state index contributed by atoms with van der Waals surface area (Å²) in [4.78, 5) is 13.7. The summed E-state index contributed by atoms with van der Waals surface area (Å²) >= 11 is 0. The predicted molar refractivity (Wildman–Crippen MR) is 92.8 cm³/mol. The van der Waals surface area contributed by atoms with Crippen molar-refractivity contribution < 1.29 is 13.9 Å². The molecule has 3 rings (SSSR count). The molecule has 0 bridgehead atoms. The number of hydrogen-bond donors (Lipinski definition) is 1. The van der Waals surface area contributed by atoms with Gasteiger partial charge in [0.2, 0.25) is 5.91 Å². The molecule has 2 aliphatic rings. The van der Waals surface area contributed by atoms with Crippen LogP contribution in [0, 0.1) is 5.82 Å². The van der Waals surface area contributed by atoms with Gasteiger partial charge in [-0.2, -0.15) is 0 Å². The van der Waals surface area contributed by atoms with Gasteiger partial charge in [0.15, 0.2) is 0 Å². The molecule has 1 aliphatic carbocycles. The Labute approximate surface area is 143 Å². The molecule has 0 atom stereocenters. The molecule has 1 aromatic carbocycles. The number of carbonyl (C=O) groups is 1. The van der Waals surface area contributed by atoms with Crippen molar-refractivity contribution in [1.29, 1.82) is 0 Å². The van der Waals surface area contributed by atoms with E-state index >= 15 is 0 Å². The number of nitrogens with one attached hydrogen (secondary N) is 1. The van der Waals surface area contributed by atoms with Gasteiger partial charge in [0, 0.05) is 31.6 Å². The number of amides is 1. The highest BCUT2D eigenvalue weighted by molar-refractivity contribution is 5.75. The van der Waals surface area contributed by atoms with Crippen molar-refractivity contribution in [2.24, 2.45) is 0 Å². The zero-order chi connectivity index (χ0) is 16.9. The number of carbonyl (C=O) groups excluding carboxylic acids is 1. The lowest BCUT2D eigenvalue weighted by Crippen LogP contribution is -2.42. The SMILES string of the molecule is CCC(=O)N1CCC(Nc2ccc(F)cc2OC2CCCC2)CC1. The maximum Gasteiger partial charge on any atom is 0.222 e. The Balaban J connectivity index is 1.61. The molecule has 2 fully saturated rings. The molecule has 1 saturated carbocycles. The van der Waals surface area contributed by atoms with Crippen molar-refractivity contribution in [3.63, 3.8) is 0 Å². The maximum absolute atomic E-state index is 13.6. The Kier molecular flexibility index (Phi) is 5.59. The maximum atomic E-state index is 13.6. The summed E-state index contributed by atoms with van der Waals surface area (Å²) in [5, 5.41) is 3.50. The Morgan fingerprint density at radius 2 is 1.96 bits per heavy atom. The van der Waals surface area contributed by atoms with Gasteiger partial charge in [-0.15, -0.1) is 0 Å². The number of anilines is 1. The van der Waals surface area contributed by atoms with Crippen LogP contribution < -0.4 is 10.1 Å². The highest BCUT2D eigenvalue weighted by atomic mass is 19.1. The molecule has 132 valence electrons. The molecule has 1 amide bonds. The smallest absolute Gasteiger partial charge is 0.222 e. The number of ether oxygens (including phenoxy) is 1. The lowest BCUT2D eigenvalue weighted by Gasteiger charge is -2.33. The Morgan fingerprint density at radius 1 is 1.25 bits per heavy atom. The zero-order valence-electron chi connectivity index (χ0n) is 14.4. The van der Waals surface area contributed by atoms with E-state index in [0.717, 1.165) is 44.5 Å². The quantitative estimate of drug-likeness (QED) is 0.886. The second kappa shape index (κ2) is 7.86. The standard InChI is InChI=1S/C19H27FN2O2/c1-2-19(23)22-11-9-15(10-12-22)21-17-8-7-14(20)13-18(17)24-16-5-3-4-6-16/h7-8,13,15-16,21H,2-6,9-12H2,1H3. The predicted octanol–water partition coefficient (Wildman–Crippen LogP) is 3.96. The van der Waals surface area contributed by atoms with Crippen LogP contribution in [0.1, 0.15) is 51.9 Å². The van der Waals surface area contributed by atoms with Crippen molar-refractivity contribution in [2.45, 2.75) is 64.0 Å². The first-order chi connectivity index (χ1) is 11.7. The fraction of sp³-hybridized carbons (Fsp3) is 0.632. The fourth-order valence-electron chi connectivity index (χ4n) is 3.62. The first-order valence-electron chi connectivity index (χ1n) is 9.16. The molecule has 5 heteroatoms. The van der Waals surface area contributed by atoms with E-state index in [4.69, 9.17) is 4.74 Å². The van der Waals surface area contributed by atoms with E-state index in [1.54, 1.807) is 6.07 Å². The van der Waals surface area contributed by atoms with Crippen molar-refractivity contribution in [1.82, 2.24) is 4.90 Å². The van der Waals surface area contributed by atoms with Crippen LogP contribution in [0.15, 0.2) is 18.2 Å². The van der Waals surface area contributed by atoms with Crippen LogP contribution in [-0.2, 0) is 4.79 Å². The molecule has 1 aromatic rings. The molecule has 1 saturated heterocycles. The molecule has 1 aliphatic heterocycles. The third-order valence-electron chi connectivity index (χ3n) is 5.05. The van der Waals surface area contributed by atoms with Gasteiger partial charge in [0.25, 0.3) is 0 Å². The highest BCUT2D eigenvalue weighted by Gasteiger charge is 2.23. The fourth-order valence-corrected chi connectivity index (χ4v) is 3.62. The van der Waals surface area contributed by atoms with Gasteiger partial charge in [-0.1, -0.05) is 6.92 Å². The average molecular weight is 334 g/mol. The molecule has 1 heterocycles. The van der Waals surface area contributed by atoms with Crippen LogP contribution in [0.5, 0.6) is 5.75 Å². The number of piperidine rings is 1. The summed E-state index contributed by atoms with van der Waals surface area (Å²) in [7, 11) is 0. The van der Waals surface area contributed by atoms with E-state index in [2.05, 4.69) is 5.32 Å². The minimum Gasteiger partial charge on any atom is -0.488 e. The Bertz CT molecular complexity index is 564. The number of benzene rings is 1. The lowest BCUT2D eigenvalue weighted by molar-refractivity contribution is -0.131. The van der Waals surface area contributed by atoms with Crippen LogP contribution >= 0.6 is 0 Å². The minimum absolute atomic E-state index is 0.205. The first kappa shape index (κ1) is 17.1. The average Bonchev–Trinajstić information content (AvgIpc) is 3.10. The molecule has 0 aromatic heterocycles. The van der Waals surface area contributed by atoms with Crippen molar-refractivity contribution in [3.8, 4) is 5.75 Å². The van der Waals surface area contributed by atoms with Crippen molar-refractivity contribution in [2.75, 3.05) is 18.4 Å². The van der Waals surface area contributed by atoms with Crippen LogP contribution in [-0.4, -0.2) is 36.0 Å². The minimum atomic E-state index is -0.267. The lowest BCUT2D eigenvalue weighted by atomic mass is 10.0. The van der Waals surface area contributed by atoms with Gasteiger partial charge in [-0.3, -0.25) is 4.79 Å². The van der Waals surface area contributed by atoms with E-state index < -0.39 is 0 Å². The Morgan fingerprint density at radius 3 is 2.62 bits per heavy atom. The number of rotatable bonds is 5. The summed E-state index contributed by atoms with van der Waals surface area (Å²) in [6.45, 7) is 3.46. The molecular weight excluding hydrogens is 307 g/mol. The summed E-state index contributed by atoms with van der Waals surface area (Å²) in [6, 6.07) is 5.02. The van der Waals surface area contributed by atoms with E-state index in [1.165, 1.54) is 25.0 Å². The van der Waals surface area contributed by atoms with Crippen molar-refractivity contribution in [3.05, 3.63) is 24.0 Å². The molecule has 4 nitrogen and oxygen atoms in total. The normalized spacial score (nSPS) is 19.5. The van der Waals surface area contributed by atoms with Gasteiger partial charge in [-0.25, -0.2) is 4.39 Å². The highest BCUT2D eigenvalue weighted by Crippen LogP contribution is 2.32. The van der Waals surface area contributed by atoms with Gasteiger partial charge in [0.05, 0.1) is 11.8 Å². The number of nitrogens with zero attached hydrogens (tertiary/aromatic N) is 1. The monoisotopic (exact) mass is 334 g/mol. The van der Waals surface area contributed by atoms with Crippen LogP contribution in [0.4, 0.5) is 10.1 Å². The first-order valence-corrected chi connectivity index (χ1v) is 9.16. The summed E-state index contributed by atoms with van der Waals surface area (Å²) in [6.07, 6.45) is 7.06. The van der Waals surface area contributed by atoms with Gasteiger partial charge in [0.1, 0.15) is 11.6 Å². The second-order valence-corrected chi connectivity index (χ2v) is 6.82. The van der Waals surface area contributed by atoms with Crippen molar-refractivity contribution >= 4 is 11.6 Å². The summed E-state index contributed by atoms with van der Waals surface area (Å²) < 4.78 is 19.7. The second-order valence-electron chi connectivity index (χ2n) is 6.82. The molecule has 0 unspecified atom stereocenters. The third-order valence-corrected chi connectivity index (χ3v) is 5.05. The molecule has 24 heavy (non-hydrogen) atoms. The summed E-state index contributed by atoms with van der Waals surface area (Å²) in [5.74, 6) is 0.575. The number of halogens is 1. The molecular formula is C19H27FN2O2. The van der Waals surface area contributed by atoms with E-state index in [0.29, 0.717) is 18.2 Å². The summed E-state index contributed by atoms with van der Waals surface area (Å²) in [5.41, 5.74) is 0.864.